The maximum atomic E-state index is 12.3. The topological polar surface area (TPSA) is 29.1 Å². The normalized spacial score (nSPS) is 17.6. The van der Waals surface area contributed by atoms with Gasteiger partial charge in [0.15, 0.2) is 0 Å². The minimum Gasteiger partial charge on any atom is -0.345 e. The van der Waals surface area contributed by atoms with E-state index < -0.39 is 0 Å². The first-order valence-electron chi connectivity index (χ1n) is 6.10. The number of carbonyl (C=O) groups is 1. The minimum absolute atomic E-state index is 0.0326. The lowest BCUT2D eigenvalue weighted by Gasteiger charge is -2.26. The van der Waals surface area contributed by atoms with Gasteiger partial charge in [0.2, 0.25) is 0 Å². The first-order chi connectivity index (χ1) is 9.63. The highest BCUT2D eigenvalue weighted by Gasteiger charge is 2.23. The molecule has 1 N–H and O–H groups in total. The highest BCUT2D eigenvalue weighted by molar-refractivity contribution is 9.11. The van der Waals surface area contributed by atoms with Gasteiger partial charge in [-0.15, -0.1) is 23.1 Å². The van der Waals surface area contributed by atoms with Crippen LogP contribution in [0, 0.1) is 0 Å². The molecule has 6 heteroatoms. The molecule has 3 rings (SSSR count). The molecule has 1 amide bonds. The van der Waals surface area contributed by atoms with Gasteiger partial charge < -0.3 is 5.32 Å². The van der Waals surface area contributed by atoms with E-state index in [-0.39, 0.29) is 11.9 Å². The van der Waals surface area contributed by atoms with E-state index in [1.807, 2.05) is 41.4 Å². The summed E-state index contributed by atoms with van der Waals surface area (Å²) >= 11 is 12.8. The number of carbonyl (C=O) groups excluding carboxylic acids is 1. The van der Waals surface area contributed by atoms with Gasteiger partial charge in [0, 0.05) is 21.1 Å². The third-order valence-corrected chi connectivity index (χ3v) is 6.01. The predicted octanol–water partition coefficient (Wildman–Crippen LogP) is 5.13. The van der Waals surface area contributed by atoms with E-state index in [1.165, 1.54) is 16.2 Å². The summed E-state index contributed by atoms with van der Waals surface area (Å²) in [6.07, 6.45) is 0.926. The van der Waals surface area contributed by atoms with Gasteiger partial charge in [-0.25, -0.2) is 0 Å². The zero-order valence-corrected chi connectivity index (χ0v) is 14.3. The number of amides is 1. The van der Waals surface area contributed by atoms with Gasteiger partial charge in [-0.05, 0) is 52.2 Å². The first-order valence-corrected chi connectivity index (χ1v) is 9.14. The zero-order valence-electron chi connectivity index (χ0n) is 10.4. The molecule has 0 spiro atoms. The number of benzene rings is 1. The molecular weight excluding hydrogens is 378 g/mol. The van der Waals surface area contributed by atoms with E-state index in [2.05, 4.69) is 21.2 Å². The number of thioether (sulfide) groups is 1. The van der Waals surface area contributed by atoms with Crippen LogP contribution in [0.2, 0.25) is 5.02 Å². The summed E-state index contributed by atoms with van der Waals surface area (Å²) in [4.78, 5) is 13.5. The summed E-state index contributed by atoms with van der Waals surface area (Å²) in [5.41, 5.74) is 1.82. The highest BCUT2D eigenvalue weighted by Crippen LogP contribution is 2.37. The number of thiophene rings is 1. The fraction of sp³-hybridized carbons (Fsp3) is 0.214. The van der Waals surface area contributed by atoms with Gasteiger partial charge in [-0.2, -0.15) is 0 Å². The van der Waals surface area contributed by atoms with Gasteiger partial charge in [0.05, 0.1) is 15.4 Å². The lowest BCUT2D eigenvalue weighted by Crippen LogP contribution is -2.30. The standard InChI is InChI=1S/C14H11BrClNOS2/c15-13-5-8(7-20-13)14(18)17-11-3-4-19-12-2-1-9(16)6-10(11)12/h1-2,5-7,11H,3-4H2,(H,17,18). The monoisotopic (exact) mass is 387 g/mol. The van der Waals surface area contributed by atoms with Crippen molar-refractivity contribution in [1.82, 2.24) is 5.32 Å². The van der Waals surface area contributed by atoms with E-state index in [9.17, 15) is 4.79 Å². The zero-order chi connectivity index (χ0) is 14.1. The number of hydrogen-bond donors (Lipinski definition) is 1. The van der Waals surface area contributed by atoms with Crippen LogP contribution in [0.25, 0.3) is 0 Å². The Morgan fingerprint density at radius 3 is 3.00 bits per heavy atom. The van der Waals surface area contributed by atoms with Crippen LogP contribution in [-0.2, 0) is 0 Å². The molecule has 104 valence electrons. The van der Waals surface area contributed by atoms with Gasteiger partial charge in [-0.3, -0.25) is 4.79 Å². The number of fused-ring (bicyclic) bond motifs is 1. The second kappa shape index (κ2) is 6.10. The van der Waals surface area contributed by atoms with Gasteiger partial charge >= 0.3 is 0 Å². The Bertz CT molecular complexity index is 658. The van der Waals surface area contributed by atoms with Crippen LogP contribution in [0.5, 0.6) is 0 Å². The lowest BCUT2D eigenvalue weighted by atomic mass is 10.0. The summed E-state index contributed by atoms with van der Waals surface area (Å²) in [6.45, 7) is 0. The van der Waals surface area contributed by atoms with Crippen LogP contribution in [-0.4, -0.2) is 11.7 Å². The van der Waals surface area contributed by atoms with Crippen molar-refractivity contribution in [3.63, 3.8) is 0 Å². The van der Waals surface area contributed by atoms with Crippen molar-refractivity contribution in [2.45, 2.75) is 17.4 Å². The van der Waals surface area contributed by atoms with E-state index in [0.29, 0.717) is 10.6 Å². The molecule has 0 fully saturated rings. The Morgan fingerprint density at radius 2 is 2.25 bits per heavy atom. The molecule has 1 atom stereocenters. The molecule has 1 aromatic carbocycles. The van der Waals surface area contributed by atoms with Crippen molar-refractivity contribution in [3.8, 4) is 0 Å². The van der Waals surface area contributed by atoms with Gasteiger partial charge in [0.1, 0.15) is 0 Å². The van der Waals surface area contributed by atoms with Crippen molar-refractivity contribution in [2.24, 2.45) is 0 Å². The smallest absolute Gasteiger partial charge is 0.252 e. The Hall–Kier alpha value is -0.490. The molecular formula is C14H11BrClNOS2. The Morgan fingerprint density at radius 1 is 1.40 bits per heavy atom. The molecule has 1 unspecified atom stereocenters. The second-order valence-corrected chi connectivity index (χ2v) is 8.35. The van der Waals surface area contributed by atoms with Crippen molar-refractivity contribution >= 4 is 56.5 Å². The predicted molar refractivity (Wildman–Crippen MR) is 89.0 cm³/mol. The Balaban J connectivity index is 1.82. The molecule has 2 nitrogen and oxygen atoms in total. The van der Waals surface area contributed by atoms with Crippen molar-refractivity contribution in [3.05, 3.63) is 49.6 Å². The van der Waals surface area contributed by atoms with Crippen LogP contribution < -0.4 is 5.32 Å². The van der Waals surface area contributed by atoms with Crippen molar-refractivity contribution in [1.29, 1.82) is 0 Å². The fourth-order valence-corrected chi connectivity index (χ4v) is 4.61. The molecule has 1 aromatic heterocycles. The van der Waals surface area contributed by atoms with Crippen LogP contribution >= 0.6 is 50.6 Å². The van der Waals surface area contributed by atoms with Gasteiger partial charge in [0.25, 0.3) is 5.91 Å². The second-order valence-electron chi connectivity index (χ2n) is 4.48. The number of halogens is 2. The van der Waals surface area contributed by atoms with Crippen molar-refractivity contribution < 1.29 is 4.79 Å². The average molecular weight is 389 g/mol. The fourth-order valence-electron chi connectivity index (χ4n) is 2.19. The number of rotatable bonds is 2. The average Bonchev–Trinajstić information content (AvgIpc) is 2.86. The van der Waals surface area contributed by atoms with E-state index in [4.69, 9.17) is 11.6 Å². The van der Waals surface area contributed by atoms with Crippen molar-refractivity contribution in [2.75, 3.05) is 5.75 Å². The van der Waals surface area contributed by atoms with E-state index in [0.717, 1.165) is 21.5 Å². The third-order valence-electron chi connectivity index (χ3n) is 3.15. The molecule has 20 heavy (non-hydrogen) atoms. The summed E-state index contributed by atoms with van der Waals surface area (Å²) in [5, 5.41) is 5.68. The molecule has 1 aliphatic rings. The quantitative estimate of drug-likeness (QED) is 0.772. The summed E-state index contributed by atoms with van der Waals surface area (Å²) in [6, 6.07) is 7.76. The molecule has 0 saturated carbocycles. The highest BCUT2D eigenvalue weighted by atomic mass is 79.9. The number of hydrogen-bond acceptors (Lipinski definition) is 3. The minimum atomic E-state index is -0.0326. The molecule has 0 aliphatic carbocycles. The van der Waals surface area contributed by atoms with Crippen LogP contribution in [0.15, 0.2) is 38.3 Å². The lowest BCUT2D eigenvalue weighted by molar-refractivity contribution is 0.0935. The summed E-state index contributed by atoms with van der Waals surface area (Å²) in [5.74, 6) is 0.974. The number of nitrogens with one attached hydrogen (secondary N) is 1. The SMILES string of the molecule is O=C(NC1CCSc2ccc(Cl)cc21)c1csc(Br)c1. The Labute approximate surface area is 139 Å². The molecule has 0 saturated heterocycles. The van der Waals surface area contributed by atoms with Gasteiger partial charge in [-0.1, -0.05) is 11.6 Å². The molecule has 0 radical (unpaired) electrons. The summed E-state index contributed by atoms with van der Waals surface area (Å²) < 4.78 is 0.963. The van der Waals surface area contributed by atoms with E-state index >= 15 is 0 Å². The van der Waals surface area contributed by atoms with Crippen LogP contribution in [0.3, 0.4) is 0 Å². The largest absolute Gasteiger partial charge is 0.345 e. The maximum absolute atomic E-state index is 12.3. The third kappa shape index (κ3) is 3.06. The molecule has 2 aromatic rings. The molecule has 0 bridgehead atoms. The Kier molecular flexibility index (Phi) is 4.40. The molecule has 2 heterocycles. The van der Waals surface area contributed by atoms with E-state index in [1.54, 1.807) is 0 Å². The van der Waals surface area contributed by atoms with Crippen LogP contribution in [0.1, 0.15) is 28.4 Å². The summed E-state index contributed by atoms with van der Waals surface area (Å²) in [7, 11) is 0. The maximum Gasteiger partial charge on any atom is 0.252 e. The molecule has 1 aliphatic heterocycles. The van der Waals surface area contributed by atoms with Crippen LogP contribution in [0.4, 0.5) is 0 Å². The first kappa shape index (κ1) is 14.4.